The van der Waals surface area contributed by atoms with Gasteiger partial charge in [0.2, 0.25) is 0 Å². The molecule has 0 radical (unpaired) electrons. The van der Waals surface area contributed by atoms with E-state index in [9.17, 15) is 0 Å². The summed E-state index contributed by atoms with van der Waals surface area (Å²) in [7, 11) is 0. The van der Waals surface area contributed by atoms with Crippen molar-refractivity contribution in [1.29, 1.82) is 0 Å². The molecule has 1 heterocycles. The van der Waals surface area contributed by atoms with E-state index in [2.05, 4.69) is 17.2 Å². The van der Waals surface area contributed by atoms with Gasteiger partial charge in [-0.15, -0.1) is 0 Å². The lowest BCUT2D eigenvalue weighted by Gasteiger charge is -2.05. The molecule has 3 rings (SSSR count). The van der Waals surface area contributed by atoms with Crippen molar-refractivity contribution >= 4 is 28.5 Å². The average Bonchev–Trinajstić information content (AvgIpc) is 2.91. The number of anilines is 3. The largest absolute Gasteiger partial charge is 0.494 e. The van der Waals surface area contributed by atoms with Crippen molar-refractivity contribution in [3.8, 4) is 5.75 Å². The monoisotopic (exact) mass is 283 g/mol. The smallest absolute Gasteiger partial charge is 0.300 e. The molecule has 0 amide bonds. The normalized spacial score (nSPS) is 10.7. The van der Waals surface area contributed by atoms with Crippen LogP contribution in [-0.2, 0) is 0 Å². The molecule has 0 aliphatic carbocycles. The minimum atomic E-state index is 0.421. The third kappa shape index (κ3) is 2.91. The molecular weight excluding hydrogens is 266 g/mol. The molecule has 3 N–H and O–H groups in total. The fourth-order valence-corrected chi connectivity index (χ4v) is 2.00. The first-order valence-corrected chi connectivity index (χ1v) is 6.91. The summed E-state index contributed by atoms with van der Waals surface area (Å²) in [4.78, 5) is 4.35. The molecule has 0 spiro atoms. The molecule has 108 valence electrons. The van der Waals surface area contributed by atoms with Crippen LogP contribution < -0.4 is 15.8 Å². The van der Waals surface area contributed by atoms with E-state index in [0.717, 1.165) is 24.5 Å². The van der Waals surface area contributed by atoms with Crippen LogP contribution in [0, 0.1) is 0 Å². The number of benzene rings is 2. The Balaban J connectivity index is 1.77. The first-order chi connectivity index (χ1) is 10.3. The Labute approximate surface area is 122 Å². The first kappa shape index (κ1) is 13.3. The molecule has 0 bridgehead atoms. The summed E-state index contributed by atoms with van der Waals surface area (Å²) in [5, 5.41) is 3.11. The third-order valence-electron chi connectivity index (χ3n) is 3.03. The number of aromatic nitrogens is 1. The zero-order chi connectivity index (χ0) is 14.7. The maximum absolute atomic E-state index is 5.86. The van der Waals surface area contributed by atoms with Crippen molar-refractivity contribution in [2.24, 2.45) is 0 Å². The molecule has 0 atom stereocenters. The number of oxazole rings is 1. The van der Waals surface area contributed by atoms with Crippen molar-refractivity contribution < 1.29 is 9.15 Å². The number of hydrogen-bond acceptors (Lipinski definition) is 5. The van der Waals surface area contributed by atoms with Crippen LogP contribution in [0.1, 0.15) is 13.3 Å². The summed E-state index contributed by atoms with van der Waals surface area (Å²) in [5.41, 5.74) is 8.68. The number of ether oxygens (including phenoxy) is 1. The summed E-state index contributed by atoms with van der Waals surface area (Å²) in [5.74, 6) is 0.851. The second-order valence-electron chi connectivity index (χ2n) is 4.71. The number of fused-ring (bicyclic) bond motifs is 1. The highest BCUT2D eigenvalue weighted by Crippen LogP contribution is 2.26. The predicted molar refractivity (Wildman–Crippen MR) is 83.9 cm³/mol. The summed E-state index contributed by atoms with van der Waals surface area (Å²) in [6.45, 7) is 2.80. The summed E-state index contributed by atoms with van der Waals surface area (Å²) >= 11 is 0. The fourth-order valence-electron chi connectivity index (χ4n) is 2.00. The number of rotatable bonds is 5. The first-order valence-electron chi connectivity index (χ1n) is 6.91. The second kappa shape index (κ2) is 5.75. The second-order valence-corrected chi connectivity index (χ2v) is 4.71. The molecule has 1 aromatic heterocycles. The minimum absolute atomic E-state index is 0.421. The maximum Gasteiger partial charge on any atom is 0.300 e. The van der Waals surface area contributed by atoms with E-state index in [1.54, 1.807) is 6.07 Å². The molecular formula is C16H17N3O2. The molecule has 0 fully saturated rings. The number of nitrogens with two attached hydrogens (primary N) is 1. The van der Waals surface area contributed by atoms with Crippen LogP contribution in [0.2, 0.25) is 0 Å². The van der Waals surface area contributed by atoms with Crippen molar-refractivity contribution in [3.05, 3.63) is 42.5 Å². The highest BCUT2D eigenvalue weighted by atomic mass is 16.5. The van der Waals surface area contributed by atoms with Crippen molar-refractivity contribution in [3.63, 3.8) is 0 Å². The molecule has 0 saturated carbocycles. The molecule has 0 unspecified atom stereocenters. The van der Waals surface area contributed by atoms with Gasteiger partial charge in [-0.25, -0.2) is 0 Å². The standard InChI is InChI=1S/C16H17N3O2/c1-2-10-20-12-8-6-11(7-9-12)18-16-19-15-13(17)4-3-5-14(15)21-16/h3-9H,2,10,17H2,1H3,(H,18,19). The molecule has 0 saturated heterocycles. The van der Waals surface area contributed by atoms with Gasteiger partial charge in [0, 0.05) is 5.69 Å². The fraction of sp³-hybridized carbons (Fsp3) is 0.188. The van der Waals surface area contributed by atoms with Gasteiger partial charge in [-0.2, -0.15) is 4.98 Å². The zero-order valence-electron chi connectivity index (χ0n) is 11.8. The number of hydrogen-bond donors (Lipinski definition) is 2. The van der Waals surface area contributed by atoms with Crippen LogP contribution >= 0.6 is 0 Å². The molecule has 0 aliphatic heterocycles. The van der Waals surface area contributed by atoms with Crippen LogP contribution in [0.25, 0.3) is 11.1 Å². The highest BCUT2D eigenvalue weighted by molar-refractivity contribution is 5.86. The molecule has 3 aromatic rings. The van der Waals surface area contributed by atoms with E-state index in [0.29, 0.717) is 22.8 Å². The van der Waals surface area contributed by atoms with E-state index in [1.807, 2.05) is 36.4 Å². The van der Waals surface area contributed by atoms with Crippen LogP contribution in [0.4, 0.5) is 17.4 Å². The quantitative estimate of drug-likeness (QED) is 0.694. The molecule has 0 aliphatic rings. The highest BCUT2D eigenvalue weighted by Gasteiger charge is 2.08. The Hall–Kier alpha value is -2.69. The van der Waals surface area contributed by atoms with Crippen LogP contribution in [0.3, 0.4) is 0 Å². The summed E-state index contributed by atoms with van der Waals surface area (Å²) in [6, 6.07) is 13.6. The number of nitrogen functional groups attached to an aromatic ring is 1. The summed E-state index contributed by atoms with van der Waals surface area (Å²) < 4.78 is 11.2. The van der Waals surface area contributed by atoms with Gasteiger partial charge in [-0.3, -0.25) is 0 Å². The Morgan fingerprint density at radius 3 is 2.71 bits per heavy atom. The molecule has 5 heteroatoms. The van der Waals surface area contributed by atoms with Gasteiger partial charge in [0.1, 0.15) is 11.3 Å². The van der Waals surface area contributed by atoms with Crippen LogP contribution in [0.15, 0.2) is 46.9 Å². The van der Waals surface area contributed by atoms with Crippen molar-refractivity contribution in [1.82, 2.24) is 4.98 Å². The van der Waals surface area contributed by atoms with E-state index >= 15 is 0 Å². The Bertz CT molecular complexity index is 735. The van der Waals surface area contributed by atoms with E-state index in [-0.39, 0.29) is 0 Å². The molecule has 5 nitrogen and oxygen atoms in total. The maximum atomic E-state index is 5.86. The number of para-hydroxylation sites is 1. The van der Waals surface area contributed by atoms with Gasteiger partial charge in [0.05, 0.1) is 12.3 Å². The van der Waals surface area contributed by atoms with Crippen molar-refractivity contribution in [2.75, 3.05) is 17.7 Å². The van der Waals surface area contributed by atoms with Gasteiger partial charge in [-0.05, 0) is 42.8 Å². The van der Waals surface area contributed by atoms with Gasteiger partial charge >= 0.3 is 0 Å². The lowest BCUT2D eigenvalue weighted by atomic mass is 10.3. The number of nitrogens with one attached hydrogen (secondary N) is 1. The van der Waals surface area contributed by atoms with Gasteiger partial charge in [0.15, 0.2) is 5.58 Å². The zero-order valence-corrected chi connectivity index (χ0v) is 11.8. The topological polar surface area (TPSA) is 73.3 Å². The van der Waals surface area contributed by atoms with E-state index in [4.69, 9.17) is 14.9 Å². The third-order valence-corrected chi connectivity index (χ3v) is 3.03. The van der Waals surface area contributed by atoms with Gasteiger partial charge in [-0.1, -0.05) is 13.0 Å². The van der Waals surface area contributed by atoms with Crippen molar-refractivity contribution in [2.45, 2.75) is 13.3 Å². The average molecular weight is 283 g/mol. The molecule has 2 aromatic carbocycles. The lowest BCUT2D eigenvalue weighted by molar-refractivity contribution is 0.317. The Morgan fingerprint density at radius 1 is 1.19 bits per heavy atom. The van der Waals surface area contributed by atoms with Crippen LogP contribution in [-0.4, -0.2) is 11.6 Å². The Morgan fingerprint density at radius 2 is 2.00 bits per heavy atom. The van der Waals surface area contributed by atoms with Crippen LogP contribution in [0.5, 0.6) is 5.75 Å². The predicted octanol–water partition coefficient (Wildman–Crippen LogP) is 3.94. The number of nitrogens with zero attached hydrogens (tertiary/aromatic N) is 1. The minimum Gasteiger partial charge on any atom is -0.494 e. The SMILES string of the molecule is CCCOc1ccc(Nc2nc3c(N)cccc3o2)cc1. The lowest BCUT2D eigenvalue weighted by Crippen LogP contribution is -1.95. The van der Waals surface area contributed by atoms with E-state index < -0.39 is 0 Å². The Kier molecular flexibility index (Phi) is 3.64. The molecule has 21 heavy (non-hydrogen) atoms. The van der Waals surface area contributed by atoms with E-state index in [1.165, 1.54) is 0 Å². The van der Waals surface area contributed by atoms with Gasteiger partial charge in [0.25, 0.3) is 6.01 Å². The van der Waals surface area contributed by atoms with Gasteiger partial charge < -0.3 is 20.2 Å². The summed E-state index contributed by atoms with van der Waals surface area (Å²) in [6.07, 6.45) is 0.990.